The molecule has 2 aromatic heterocycles. The molecule has 1 amide bonds. The Hall–Kier alpha value is -2.36. The minimum absolute atomic E-state index is 0.0468. The number of aryl methyl sites for hydroxylation is 1. The predicted octanol–water partition coefficient (Wildman–Crippen LogP) is 2.26. The first-order valence-corrected chi connectivity index (χ1v) is 10.9. The van der Waals surface area contributed by atoms with E-state index in [0.717, 1.165) is 39.0 Å². The molecule has 3 fully saturated rings. The molecule has 3 saturated heterocycles. The van der Waals surface area contributed by atoms with Gasteiger partial charge in [-0.2, -0.15) is 5.10 Å². The van der Waals surface area contributed by atoms with E-state index in [4.69, 9.17) is 30.7 Å². The highest BCUT2D eigenvalue weighted by atomic mass is 35.5. The molecule has 168 valence electrons. The fourth-order valence-electron chi connectivity index (χ4n) is 5.33. The van der Waals surface area contributed by atoms with E-state index in [0.29, 0.717) is 18.4 Å². The molecule has 9 nitrogen and oxygen atoms in total. The van der Waals surface area contributed by atoms with Crippen LogP contribution in [0.1, 0.15) is 35.9 Å². The van der Waals surface area contributed by atoms with Crippen molar-refractivity contribution in [1.29, 1.82) is 0 Å². The van der Waals surface area contributed by atoms with Crippen LogP contribution in [0.2, 0.25) is 5.22 Å². The van der Waals surface area contributed by atoms with Crippen molar-refractivity contribution in [2.24, 2.45) is 11.8 Å². The average Bonchev–Trinajstić information content (AvgIpc) is 3.54. The van der Waals surface area contributed by atoms with E-state index in [1.165, 1.54) is 5.56 Å². The molecule has 0 unspecified atom stereocenters. The van der Waals surface area contributed by atoms with Crippen LogP contribution in [0.15, 0.2) is 28.9 Å². The summed E-state index contributed by atoms with van der Waals surface area (Å²) < 4.78 is 13.6. The molecule has 2 N–H and O–H groups in total. The summed E-state index contributed by atoms with van der Waals surface area (Å²) in [5.74, 6) is 0.829. The standard InChI is InChI=1S/C20H25ClN4O3.CH2O2/c1-2-25-10-13(7-23-25)9-24-11-15-14(16-5-6-20(15,12-24)28-16)8-22-19(26)17-3-4-18(21)27-17;2-1-3/h3-4,7,10,14-16H,2,5-6,8-9,11-12H2,1H3,(H,22,26);1H,(H,2,3)/t14-,15+,16+,20+;/m0./s1. The minimum Gasteiger partial charge on any atom is -0.483 e. The number of hydrogen-bond acceptors (Lipinski definition) is 6. The largest absolute Gasteiger partial charge is 0.483 e. The van der Waals surface area contributed by atoms with Crippen LogP contribution < -0.4 is 5.32 Å². The smallest absolute Gasteiger partial charge is 0.290 e. The van der Waals surface area contributed by atoms with Crippen LogP contribution in [0.25, 0.3) is 0 Å². The SMILES string of the molecule is CCn1cc(CN2C[C@@H]3[C@H](CNC(=O)c4ccc(Cl)o4)[C@H]4CC[C@]3(C2)O4)cn1.O=CO. The van der Waals surface area contributed by atoms with Crippen molar-refractivity contribution in [3.8, 4) is 0 Å². The molecule has 2 aromatic rings. The first-order chi connectivity index (χ1) is 15.0. The van der Waals surface area contributed by atoms with Crippen LogP contribution in [0.3, 0.4) is 0 Å². The zero-order valence-electron chi connectivity index (χ0n) is 17.4. The lowest BCUT2D eigenvalue weighted by Gasteiger charge is -2.29. The number of likely N-dealkylation sites (tertiary alicyclic amines) is 1. The van der Waals surface area contributed by atoms with Crippen LogP contribution in [-0.4, -0.2) is 63.5 Å². The molecule has 10 heteroatoms. The van der Waals surface area contributed by atoms with Gasteiger partial charge in [-0.25, -0.2) is 0 Å². The van der Waals surface area contributed by atoms with Crippen LogP contribution in [0, 0.1) is 11.8 Å². The van der Waals surface area contributed by atoms with Gasteiger partial charge in [0.05, 0.1) is 17.9 Å². The monoisotopic (exact) mass is 450 g/mol. The quantitative estimate of drug-likeness (QED) is 0.649. The van der Waals surface area contributed by atoms with Gasteiger partial charge in [0.25, 0.3) is 12.4 Å². The van der Waals surface area contributed by atoms with Crippen molar-refractivity contribution in [3.05, 3.63) is 41.1 Å². The summed E-state index contributed by atoms with van der Waals surface area (Å²) in [7, 11) is 0. The third-order valence-electron chi connectivity index (χ3n) is 6.57. The first kappa shape index (κ1) is 21.9. The first-order valence-electron chi connectivity index (χ1n) is 10.5. The highest BCUT2D eigenvalue weighted by Crippen LogP contribution is 2.54. The normalized spacial score (nSPS) is 28.8. The number of carbonyl (C=O) groups excluding carboxylic acids is 1. The van der Waals surface area contributed by atoms with E-state index >= 15 is 0 Å². The van der Waals surface area contributed by atoms with Gasteiger partial charge in [0.2, 0.25) is 0 Å². The Labute approximate surface area is 185 Å². The predicted molar refractivity (Wildman–Crippen MR) is 112 cm³/mol. The summed E-state index contributed by atoms with van der Waals surface area (Å²) in [6, 6.07) is 3.19. The third-order valence-corrected chi connectivity index (χ3v) is 6.77. The Kier molecular flexibility index (Phi) is 6.36. The number of carbonyl (C=O) groups is 2. The van der Waals surface area contributed by atoms with Gasteiger partial charge in [0.15, 0.2) is 11.0 Å². The summed E-state index contributed by atoms with van der Waals surface area (Å²) in [4.78, 5) is 23.2. The highest BCUT2D eigenvalue weighted by Gasteiger charge is 2.62. The Bertz CT molecular complexity index is 931. The van der Waals surface area contributed by atoms with Gasteiger partial charge in [0, 0.05) is 56.3 Å². The zero-order valence-corrected chi connectivity index (χ0v) is 18.1. The second-order valence-electron chi connectivity index (χ2n) is 8.32. The van der Waals surface area contributed by atoms with Crippen LogP contribution in [-0.2, 0) is 22.6 Å². The van der Waals surface area contributed by atoms with E-state index in [1.54, 1.807) is 12.1 Å². The second-order valence-corrected chi connectivity index (χ2v) is 8.70. The number of amides is 1. The maximum Gasteiger partial charge on any atom is 0.290 e. The van der Waals surface area contributed by atoms with Crippen molar-refractivity contribution in [2.45, 2.75) is 44.6 Å². The van der Waals surface area contributed by atoms with Crippen molar-refractivity contribution >= 4 is 24.0 Å². The molecule has 2 bridgehead atoms. The summed E-state index contributed by atoms with van der Waals surface area (Å²) in [6.45, 7) is 6.20. The molecule has 3 aliphatic heterocycles. The molecule has 0 saturated carbocycles. The van der Waals surface area contributed by atoms with E-state index in [1.807, 2.05) is 10.9 Å². The zero-order chi connectivity index (χ0) is 22.0. The Morgan fingerprint density at radius 2 is 2.29 bits per heavy atom. The Balaban J connectivity index is 0.000000730. The molecule has 0 radical (unpaired) electrons. The molecule has 5 rings (SSSR count). The third kappa shape index (κ3) is 4.35. The van der Waals surface area contributed by atoms with Gasteiger partial charge in [-0.15, -0.1) is 0 Å². The van der Waals surface area contributed by atoms with Gasteiger partial charge >= 0.3 is 0 Å². The lowest BCUT2D eigenvalue weighted by Crippen LogP contribution is -2.41. The van der Waals surface area contributed by atoms with Crippen molar-refractivity contribution in [3.63, 3.8) is 0 Å². The number of halogens is 1. The van der Waals surface area contributed by atoms with Gasteiger partial charge < -0.3 is 19.6 Å². The number of hydrogen-bond donors (Lipinski definition) is 2. The topological polar surface area (TPSA) is 110 Å². The molecular weight excluding hydrogens is 424 g/mol. The Morgan fingerprint density at radius 3 is 2.97 bits per heavy atom. The minimum atomic E-state index is -0.250. The number of fused-ring (bicyclic) bond motifs is 1. The number of carboxylic acid groups (broad SMARTS) is 1. The summed E-state index contributed by atoms with van der Waals surface area (Å²) in [5.41, 5.74) is 1.20. The molecule has 5 heterocycles. The second kappa shape index (κ2) is 9.02. The van der Waals surface area contributed by atoms with Crippen molar-refractivity contribution in [1.82, 2.24) is 20.0 Å². The van der Waals surface area contributed by atoms with Gasteiger partial charge in [0.1, 0.15) is 0 Å². The number of ether oxygens (including phenoxy) is 1. The van der Waals surface area contributed by atoms with E-state index in [9.17, 15) is 4.79 Å². The van der Waals surface area contributed by atoms with Crippen LogP contribution in [0.5, 0.6) is 0 Å². The molecular formula is C21H27ClN4O5. The fraction of sp³-hybridized carbons (Fsp3) is 0.571. The van der Waals surface area contributed by atoms with Crippen LogP contribution >= 0.6 is 11.6 Å². The number of furan rings is 1. The van der Waals surface area contributed by atoms with E-state index in [-0.39, 0.29) is 35.1 Å². The molecule has 4 atom stereocenters. The average molecular weight is 451 g/mol. The summed E-state index contributed by atoms with van der Waals surface area (Å²) in [6.07, 6.45) is 6.52. The van der Waals surface area contributed by atoms with E-state index in [2.05, 4.69) is 28.4 Å². The fourth-order valence-corrected chi connectivity index (χ4v) is 5.48. The van der Waals surface area contributed by atoms with E-state index < -0.39 is 0 Å². The molecule has 0 aliphatic carbocycles. The highest BCUT2D eigenvalue weighted by molar-refractivity contribution is 6.29. The maximum absolute atomic E-state index is 12.3. The molecule has 3 aliphatic rings. The Morgan fingerprint density at radius 1 is 1.48 bits per heavy atom. The maximum atomic E-state index is 12.3. The van der Waals surface area contributed by atoms with Crippen molar-refractivity contribution in [2.75, 3.05) is 19.6 Å². The number of nitrogens with one attached hydrogen (secondary N) is 1. The number of aromatic nitrogens is 2. The lowest BCUT2D eigenvalue weighted by atomic mass is 9.73. The van der Waals surface area contributed by atoms with Crippen molar-refractivity contribution < 1.29 is 23.8 Å². The number of nitrogens with zero attached hydrogens (tertiary/aromatic N) is 3. The molecule has 31 heavy (non-hydrogen) atoms. The molecule has 1 spiro atoms. The van der Waals surface area contributed by atoms with Gasteiger partial charge in [-0.3, -0.25) is 19.2 Å². The summed E-state index contributed by atoms with van der Waals surface area (Å²) in [5, 5.41) is 14.5. The lowest BCUT2D eigenvalue weighted by molar-refractivity contribution is -0.122. The summed E-state index contributed by atoms with van der Waals surface area (Å²) >= 11 is 5.77. The van der Waals surface area contributed by atoms with Crippen LogP contribution in [0.4, 0.5) is 0 Å². The number of rotatable bonds is 6. The van der Waals surface area contributed by atoms with Gasteiger partial charge in [-0.1, -0.05) is 0 Å². The van der Waals surface area contributed by atoms with Gasteiger partial charge in [-0.05, 0) is 43.5 Å². The molecule has 0 aromatic carbocycles.